The molecule has 0 saturated heterocycles. The second-order valence-corrected chi connectivity index (χ2v) is 5.92. The van der Waals surface area contributed by atoms with Crippen LogP contribution in [0.15, 0.2) is 29.6 Å². The summed E-state index contributed by atoms with van der Waals surface area (Å²) in [6.07, 6.45) is 0.722. The fourth-order valence-electron chi connectivity index (χ4n) is 1.88. The Labute approximate surface area is 127 Å². The first-order valence-corrected chi connectivity index (χ1v) is 7.54. The lowest BCUT2D eigenvalue weighted by Gasteiger charge is -2.13. The molecule has 20 heavy (non-hydrogen) atoms. The number of thiazole rings is 1. The molecule has 2 aromatic rings. The Morgan fingerprint density at radius 3 is 3.00 bits per heavy atom. The molecule has 0 fully saturated rings. The highest BCUT2D eigenvalue weighted by atomic mass is 35.5. The second-order valence-electron chi connectivity index (χ2n) is 4.54. The molecular formula is C14H16ClN3OS. The van der Waals surface area contributed by atoms with Gasteiger partial charge >= 0.3 is 0 Å². The van der Waals surface area contributed by atoms with Crippen LogP contribution in [0.3, 0.4) is 0 Å². The third-order valence-electron chi connectivity index (χ3n) is 2.77. The van der Waals surface area contributed by atoms with E-state index >= 15 is 0 Å². The van der Waals surface area contributed by atoms with Gasteiger partial charge in [-0.1, -0.05) is 23.7 Å². The van der Waals surface area contributed by atoms with E-state index in [0.29, 0.717) is 17.3 Å². The smallest absolute Gasteiger partial charge is 0.270 e. The van der Waals surface area contributed by atoms with Gasteiger partial charge < -0.3 is 11.1 Å². The molecule has 1 amide bonds. The summed E-state index contributed by atoms with van der Waals surface area (Å²) in [5.74, 6) is -0.171. The highest BCUT2D eigenvalue weighted by Crippen LogP contribution is 2.13. The van der Waals surface area contributed by atoms with Gasteiger partial charge in [0, 0.05) is 23.0 Å². The molecule has 0 bridgehead atoms. The number of carbonyl (C=O) groups excluding carboxylic acids is 1. The Bertz CT molecular complexity index is 600. The van der Waals surface area contributed by atoms with Crippen molar-refractivity contribution < 1.29 is 4.79 Å². The second kappa shape index (κ2) is 6.83. The molecule has 1 unspecified atom stereocenters. The maximum absolute atomic E-state index is 12.0. The van der Waals surface area contributed by atoms with Crippen LogP contribution < -0.4 is 11.1 Å². The minimum atomic E-state index is -0.171. The molecule has 0 aliphatic carbocycles. The summed E-state index contributed by atoms with van der Waals surface area (Å²) in [6, 6.07) is 7.63. The first kappa shape index (κ1) is 15.0. The lowest BCUT2D eigenvalue weighted by Crippen LogP contribution is -2.34. The van der Waals surface area contributed by atoms with Crippen molar-refractivity contribution >= 4 is 28.8 Å². The van der Waals surface area contributed by atoms with Gasteiger partial charge in [-0.05, 0) is 31.0 Å². The standard InChI is InChI=1S/C14H16ClN3OS/c1-9(5-10-3-2-4-11(15)6-10)17-14(19)12-8-20-13(7-16)18-12/h2-4,6,8-9H,5,7,16H2,1H3,(H,17,19). The van der Waals surface area contributed by atoms with Crippen LogP contribution in [0.25, 0.3) is 0 Å². The minimum Gasteiger partial charge on any atom is -0.348 e. The minimum absolute atomic E-state index is 0.00370. The zero-order valence-electron chi connectivity index (χ0n) is 11.1. The first-order valence-electron chi connectivity index (χ1n) is 6.28. The van der Waals surface area contributed by atoms with Crippen molar-refractivity contribution in [2.75, 3.05) is 0 Å². The van der Waals surface area contributed by atoms with Crippen molar-refractivity contribution in [2.24, 2.45) is 5.73 Å². The lowest BCUT2D eigenvalue weighted by molar-refractivity contribution is 0.0935. The van der Waals surface area contributed by atoms with E-state index in [1.54, 1.807) is 5.38 Å². The SMILES string of the molecule is CC(Cc1cccc(Cl)c1)NC(=O)c1csc(CN)n1. The predicted octanol–water partition coefficient (Wildman–Crippen LogP) is 2.62. The van der Waals surface area contributed by atoms with Gasteiger partial charge in [0.25, 0.3) is 5.91 Å². The molecule has 2 rings (SSSR count). The number of hydrogen-bond acceptors (Lipinski definition) is 4. The molecule has 0 spiro atoms. The summed E-state index contributed by atoms with van der Waals surface area (Å²) in [5.41, 5.74) is 7.00. The summed E-state index contributed by atoms with van der Waals surface area (Å²) >= 11 is 7.34. The summed E-state index contributed by atoms with van der Waals surface area (Å²) in [6.45, 7) is 2.31. The van der Waals surface area contributed by atoms with E-state index in [1.165, 1.54) is 11.3 Å². The van der Waals surface area contributed by atoms with Crippen molar-refractivity contribution in [1.82, 2.24) is 10.3 Å². The van der Waals surface area contributed by atoms with Gasteiger partial charge in [-0.2, -0.15) is 0 Å². The van der Waals surface area contributed by atoms with Crippen molar-refractivity contribution in [3.8, 4) is 0 Å². The number of nitrogens with zero attached hydrogens (tertiary/aromatic N) is 1. The number of hydrogen-bond donors (Lipinski definition) is 2. The largest absolute Gasteiger partial charge is 0.348 e. The third kappa shape index (κ3) is 4.03. The number of halogens is 1. The van der Waals surface area contributed by atoms with E-state index < -0.39 is 0 Å². The van der Waals surface area contributed by atoms with Gasteiger partial charge in [-0.3, -0.25) is 4.79 Å². The molecule has 1 atom stereocenters. The molecule has 1 heterocycles. The Morgan fingerprint density at radius 2 is 2.35 bits per heavy atom. The average molecular weight is 310 g/mol. The van der Waals surface area contributed by atoms with Gasteiger partial charge in [-0.25, -0.2) is 4.98 Å². The average Bonchev–Trinajstić information content (AvgIpc) is 2.87. The van der Waals surface area contributed by atoms with Crippen molar-refractivity contribution in [3.05, 3.63) is 50.9 Å². The molecule has 1 aromatic carbocycles. The molecule has 0 saturated carbocycles. The highest BCUT2D eigenvalue weighted by molar-refractivity contribution is 7.09. The van der Waals surface area contributed by atoms with Crippen LogP contribution in [-0.4, -0.2) is 16.9 Å². The fourth-order valence-corrected chi connectivity index (χ4v) is 2.74. The highest BCUT2D eigenvalue weighted by Gasteiger charge is 2.13. The van der Waals surface area contributed by atoms with Gasteiger partial charge in [-0.15, -0.1) is 11.3 Å². The maximum Gasteiger partial charge on any atom is 0.270 e. The number of nitrogens with two attached hydrogens (primary N) is 1. The number of carbonyl (C=O) groups is 1. The van der Waals surface area contributed by atoms with E-state index in [2.05, 4.69) is 10.3 Å². The van der Waals surface area contributed by atoms with Gasteiger partial charge in [0.15, 0.2) is 0 Å². The van der Waals surface area contributed by atoms with Crippen LogP contribution in [-0.2, 0) is 13.0 Å². The van der Waals surface area contributed by atoms with Gasteiger partial charge in [0.05, 0.1) is 0 Å². The van der Waals surface area contributed by atoms with Crippen LogP contribution in [0.5, 0.6) is 0 Å². The summed E-state index contributed by atoms with van der Waals surface area (Å²) in [5, 5.41) is 6.11. The van der Waals surface area contributed by atoms with E-state index in [1.807, 2.05) is 31.2 Å². The number of amides is 1. The van der Waals surface area contributed by atoms with Crippen LogP contribution in [0.2, 0.25) is 5.02 Å². The van der Waals surface area contributed by atoms with Crippen LogP contribution in [0.4, 0.5) is 0 Å². The monoisotopic (exact) mass is 309 g/mol. The summed E-state index contributed by atoms with van der Waals surface area (Å²) in [4.78, 5) is 16.2. The fraction of sp³-hybridized carbons (Fsp3) is 0.286. The van der Waals surface area contributed by atoms with Crippen LogP contribution in [0, 0.1) is 0 Å². The maximum atomic E-state index is 12.0. The molecular weight excluding hydrogens is 294 g/mol. The lowest BCUT2D eigenvalue weighted by atomic mass is 10.1. The number of benzene rings is 1. The third-order valence-corrected chi connectivity index (χ3v) is 3.87. The Morgan fingerprint density at radius 1 is 1.55 bits per heavy atom. The van der Waals surface area contributed by atoms with Gasteiger partial charge in [0.2, 0.25) is 0 Å². The Balaban J connectivity index is 1.94. The molecule has 0 radical (unpaired) electrons. The molecule has 0 aliphatic heterocycles. The van der Waals surface area contributed by atoms with Crippen molar-refractivity contribution in [2.45, 2.75) is 25.9 Å². The van der Waals surface area contributed by atoms with E-state index in [-0.39, 0.29) is 11.9 Å². The van der Waals surface area contributed by atoms with E-state index in [0.717, 1.165) is 17.0 Å². The van der Waals surface area contributed by atoms with Crippen molar-refractivity contribution in [3.63, 3.8) is 0 Å². The molecule has 6 heteroatoms. The Kier molecular flexibility index (Phi) is 5.11. The molecule has 0 aliphatic rings. The van der Waals surface area contributed by atoms with Crippen LogP contribution in [0.1, 0.15) is 28.0 Å². The molecule has 106 valence electrons. The molecule has 3 N–H and O–H groups in total. The van der Waals surface area contributed by atoms with Crippen LogP contribution >= 0.6 is 22.9 Å². The van der Waals surface area contributed by atoms with E-state index in [4.69, 9.17) is 17.3 Å². The Hall–Kier alpha value is -1.43. The molecule has 1 aromatic heterocycles. The van der Waals surface area contributed by atoms with Gasteiger partial charge in [0.1, 0.15) is 10.7 Å². The van der Waals surface area contributed by atoms with Crippen molar-refractivity contribution in [1.29, 1.82) is 0 Å². The summed E-state index contributed by atoms with van der Waals surface area (Å²) in [7, 11) is 0. The number of aromatic nitrogens is 1. The topological polar surface area (TPSA) is 68.0 Å². The molecule has 4 nitrogen and oxygen atoms in total. The zero-order chi connectivity index (χ0) is 14.5. The number of rotatable bonds is 5. The first-order chi connectivity index (χ1) is 9.58. The number of nitrogens with one attached hydrogen (secondary N) is 1. The normalized spacial score (nSPS) is 12.2. The zero-order valence-corrected chi connectivity index (χ0v) is 12.7. The predicted molar refractivity (Wildman–Crippen MR) is 82.1 cm³/mol. The van der Waals surface area contributed by atoms with E-state index in [9.17, 15) is 4.79 Å². The quantitative estimate of drug-likeness (QED) is 0.892. The summed E-state index contributed by atoms with van der Waals surface area (Å²) < 4.78 is 0.